The van der Waals surface area contributed by atoms with E-state index in [1.165, 1.54) is 0 Å². The van der Waals surface area contributed by atoms with E-state index in [1.807, 2.05) is 36.0 Å². The fraction of sp³-hybridized carbons (Fsp3) is 0.474. The van der Waals surface area contributed by atoms with Crippen molar-refractivity contribution in [3.8, 4) is 0 Å². The second kappa shape index (κ2) is 9.73. The Morgan fingerprint density at radius 1 is 1.26 bits per heavy atom. The van der Waals surface area contributed by atoms with Gasteiger partial charge in [-0.1, -0.05) is 29.8 Å². The third-order valence-corrected chi connectivity index (χ3v) is 5.14. The Hall–Kier alpha value is -2.09. The Morgan fingerprint density at radius 2 is 2.04 bits per heavy atom. The van der Waals surface area contributed by atoms with Crippen molar-refractivity contribution in [1.82, 2.24) is 25.3 Å². The second-order valence-electron chi connectivity index (χ2n) is 6.44. The van der Waals surface area contributed by atoms with Crippen LogP contribution in [0, 0.1) is 0 Å². The van der Waals surface area contributed by atoms with Crippen LogP contribution in [0.25, 0.3) is 0 Å². The van der Waals surface area contributed by atoms with E-state index in [-0.39, 0.29) is 6.04 Å². The summed E-state index contributed by atoms with van der Waals surface area (Å²) >= 11 is 6.49. The molecule has 0 spiro atoms. The molecule has 2 aromatic rings. The zero-order valence-corrected chi connectivity index (χ0v) is 16.6. The first kappa shape index (κ1) is 19.7. The Labute approximate surface area is 165 Å². The van der Waals surface area contributed by atoms with Crippen LogP contribution in [0.2, 0.25) is 5.02 Å². The van der Waals surface area contributed by atoms with Gasteiger partial charge in [-0.25, -0.2) is 0 Å². The SMILES string of the molecule is CN=C(NCc1ccnn1C)NCC(c1ccccc1Cl)N1CCOCC1. The van der Waals surface area contributed by atoms with Crippen molar-refractivity contribution in [2.24, 2.45) is 12.0 Å². The summed E-state index contributed by atoms with van der Waals surface area (Å²) in [5.74, 6) is 0.751. The second-order valence-corrected chi connectivity index (χ2v) is 6.85. The van der Waals surface area contributed by atoms with Crippen molar-refractivity contribution in [2.75, 3.05) is 39.9 Å². The molecule has 1 aliphatic heterocycles. The molecule has 27 heavy (non-hydrogen) atoms. The van der Waals surface area contributed by atoms with Crippen molar-refractivity contribution < 1.29 is 4.74 Å². The molecule has 0 aliphatic carbocycles. The number of hydrogen-bond donors (Lipinski definition) is 2. The van der Waals surface area contributed by atoms with Crippen LogP contribution < -0.4 is 10.6 Å². The lowest BCUT2D eigenvalue weighted by molar-refractivity contribution is 0.0170. The number of benzene rings is 1. The van der Waals surface area contributed by atoms with Crippen LogP contribution in [0.5, 0.6) is 0 Å². The summed E-state index contributed by atoms with van der Waals surface area (Å²) in [6.45, 7) is 4.62. The molecule has 1 fully saturated rings. The normalized spacial score (nSPS) is 16.9. The Morgan fingerprint density at radius 3 is 2.70 bits per heavy atom. The van der Waals surface area contributed by atoms with Gasteiger partial charge in [0.05, 0.1) is 31.5 Å². The van der Waals surface area contributed by atoms with Gasteiger partial charge in [0.2, 0.25) is 0 Å². The topological polar surface area (TPSA) is 66.7 Å². The van der Waals surface area contributed by atoms with Gasteiger partial charge in [0, 0.05) is 44.9 Å². The molecule has 7 nitrogen and oxygen atoms in total. The first-order chi connectivity index (χ1) is 13.2. The molecule has 3 rings (SSSR count). The highest BCUT2D eigenvalue weighted by Gasteiger charge is 2.24. The van der Waals surface area contributed by atoms with Crippen molar-refractivity contribution in [2.45, 2.75) is 12.6 Å². The average Bonchev–Trinajstić information content (AvgIpc) is 3.11. The Kier molecular flexibility index (Phi) is 7.09. The highest BCUT2D eigenvalue weighted by molar-refractivity contribution is 6.31. The van der Waals surface area contributed by atoms with E-state index in [2.05, 4.69) is 31.7 Å². The van der Waals surface area contributed by atoms with Gasteiger partial charge >= 0.3 is 0 Å². The van der Waals surface area contributed by atoms with Crippen LogP contribution in [0.3, 0.4) is 0 Å². The molecule has 1 unspecified atom stereocenters. The molecular weight excluding hydrogens is 364 g/mol. The molecule has 2 heterocycles. The Balaban J connectivity index is 1.66. The van der Waals surface area contributed by atoms with E-state index in [9.17, 15) is 0 Å². The molecular formula is C19H27ClN6O. The molecule has 1 atom stereocenters. The summed E-state index contributed by atoms with van der Waals surface area (Å²) in [7, 11) is 3.71. The minimum Gasteiger partial charge on any atom is -0.379 e. The van der Waals surface area contributed by atoms with Crippen molar-refractivity contribution in [1.29, 1.82) is 0 Å². The lowest BCUT2D eigenvalue weighted by atomic mass is 10.0. The van der Waals surface area contributed by atoms with Crippen LogP contribution in [-0.2, 0) is 18.3 Å². The number of aromatic nitrogens is 2. The van der Waals surface area contributed by atoms with E-state index in [4.69, 9.17) is 16.3 Å². The van der Waals surface area contributed by atoms with Crippen LogP contribution in [0.4, 0.5) is 0 Å². The van der Waals surface area contributed by atoms with Crippen LogP contribution in [-0.4, -0.2) is 60.5 Å². The van der Waals surface area contributed by atoms with Gasteiger partial charge in [-0.15, -0.1) is 0 Å². The van der Waals surface area contributed by atoms with Gasteiger partial charge in [-0.3, -0.25) is 14.6 Å². The van der Waals surface area contributed by atoms with Crippen molar-refractivity contribution in [3.05, 3.63) is 52.8 Å². The summed E-state index contributed by atoms with van der Waals surface area (Å²) in [4.78, 5) is 6.75. The number of morpholine rings is 1. The number of ether oxygens (including phenoxy) is 1. The molecule has 1 aliphatic rings. The fourth-order valence-electron chi connectivity index (χ4n) is 3.23. The number of nitrogens with zero attached hydrogens (tertiary/aromatic N) is 4. The lowest BCUT2D eigenvalue weighted by Gasteiger charge is -2.35. The minimum atomic E-state index is 0.151. The molecule has 1 aromatic carbocycles. The van der Waals surface area contributed by atoms with Crippen molar-refractivity contribution in [3.63, 3.8) is 0 Å². The summed E-state index contributed by atoms with van der Waals surface area (Å²) in [6.07, 6.45) is 1.79. The number of aliphatic imine (C=N–C) groups is 1. The summed E-state index contributed by atoms with van der Waals surface area (Å²) < 4.78 is 7.36. The lowest BCUT2D eigenvalue weighted by Crippen LogP contribution is -2.46. The molecule has 2 N–H and O–H groups in total. The zero-order valence-electron chi connectivity index (χ0n) is 15.9. The predicted octanol–water partition coefficient (Wildman–Crippen LogP) is 1.81. The molecule has 0 bridgehead atoms. The first-order valence-corrected chi connectivity index (χ1v) is 9.54. The highest BCUT2D eigenvalue weighted by Crippen LogP contribution is 2.27. The van der Waals surface area contributed by atoms with Gasteiger partial charge < -0.3 is 15.4 Å². The van der Waals surface area contributed by atoms with Gasteiger partial charge in [-0.2, -0.15) is 5.10 Å². The van der Waals surface area contributed by atoms with Crippen LogP contribution in [0.15, 0.2) is 41.5 Å². The van der Waals surface area contributed by atoms with Gasteiger partial charge in [0.15, 0.2) is 5.96 Å². The molecule has 1 saturated heterocycles. The number of hydrogen-bond acceptors (Lipinski definition) is 4. The Bertz CT molecular complexity index is 756. The number of guanidine groups is 1. The zero-order chi connectivity index (χ0) is 19.1. The molecule has 0 radical (unpaired) electrons. The fourth-order valence-corrected chi connectivity index (χ4v) is 3.49. The summed E-state index contributed by atoms with van der Waals surface area (Å²) in [6, 6.07) is 10.2. The molecule has 0 amide bonds. The maximum Gasteiger partial charge on any atom is 0.191 e. The number of nitrogens with one attached hydrogen (secondary N) is 2. The third kappa shape index (κ3) is 5.22. The van der Waals surface area contributed by atoms with Gasteiger partial charge in [0.25, 0.3) is 0 Å². The summed E-state index contributed by atoms with van der Waals surface area (Å²) in [5.41, 5.74) is 2.21. The molecule has 1 aromatic heterocycles. The third-order valence-electron chi connectivity index (χ3n) is 4.80. The minimum absolute atomic E-state index is 0.151. The smallest absolute Gasteiger partial charge is 0.191 e. The standard InChI is InChI=1S/C19H27ClN6O/c1-21-19(22-13-15-7-8-24-25(15)2)23-14-18(26-9-11-27-12-10-26)16-5-3-4-6-17(16)20/h3-8,18H,9-14H2,1-2H3,(H2,21,22,23). The molecule has 8 heteroatoms. The molecule has 0 saturated carbocycles. The number of aryl methyl sites for hydroxylation is 1. The van der Waals surface area contributed by atoms with Gasteiger partial charge in [-0.05, 0) is 17.7 Å². The predicted molar refractivity (Wildman–Crippen MR) is 108 cm³/mol. The van der Waals surface area contributed by atoms with E-state index >= 15 is 0 Å². The van der Waals surface area contributed by atoms with Crippen LogP contribution >= 0.6 is 11.6 Å². The van der Waals surface area contributed by atoms with E-state index < -0.39 is 0 Å². The largest absolute Gasteiger partial charge is 0.379 e. The number of rotatable bonds is 6. The first-order valence-electron chi connectivity index (χ1n) is 9.16. The average molecular weight is 391 g/mol. The van der Waals surface area contributed by atoms with E-state index in [0.717, 1.165) is 48.5 Å². The van der Waals surface area contributed by atoms with Gasteiger partial charge in [0.1, 0.15) is 0 Å². The van der Waals surface area contributed by atoms with Crippen LogP contribution in [0.1, 0.15) is 17.3 Å². The quantitative estimate of drug-likeness (QED) is 0.581. The maximum atomic E-state index is 6.49. The maximum absolute atomic E-state index is 6.49. The monoisotopic (exact) mass is 390 g/mol. The summed E-state index contributed by atoms with van der Waals surface area (Å²) in [5, 5.41) is 11.8. The number of halogens is 1. The van der Waals surface area contributed by atoms with E-state index in [0.29, 0.717) is 13.1 Å². The van der Waals surface area contributed by atoms with Crippen molar-refractivity contribution >= 4 is 17.6 Å². The highest BCUT2D eigenvalue weighted by atomic mass is 35.5. The molecule has 146 valence electrons. The van der Waals surface area contributed by atoms with E-state index in [1.54, 1.807) is 13.2 Å².